The molecule has 0 aliphatic carbocycles. The van der Waals surface area contributed by atoms with Gasteiger partial charge in [0, 0.05) is 18.3 Å². The van der Waals surface area contributed by atoms with Gasteiger partial charge in [-0.2, -0.15) is 0 Å². The van der Waals surface area contributed by atoms with E-state index in [2.05, 4.69) is 37.7 Å². The zero-order chi connectivity index (χ0) is 11.1. The van der Waals surface area contributed by atoms with Crippen molar-refractivity contribution in [2.45, 2.75) is 53.4 Å². The van der Waals surface area contributed by atoms with Crippen LogP contribution in [0.15, 0.2) is 12.4 Å². The van der Waals surface area contributed by atoms with Crippen molar-refractivity contribution in [1.29, 1.82) is 0 Å². The van der Waals surface area contributed by atoms with E-state index in [-0.39, 0.29) is 0 Å². The molecule has 1 aromatic rings. The van der Waals surface area contributed by atoms with Crippen molar-refractivity contribution in [3.8, 4) is 0 Å². The highest BCUT2D eigenvalue weighted by Crippen LogP contribution is 2.13. The molecule has 1 rings (SSSR count). The van der Waals surface area contributed by atoms with Gasteiger partial charge in [0.2, 0.25) is 0 Å². The summed E-state index contributed by atoms with van der Waals surface area (Å²) < 4.78 is 0. The standard InChI is InChI=1S/C10H16N2.C2H6/c1-7(2)9-5-11-10(8(3)4)12-6-9;1-2/h5-8H,1-4H3;1-2H3. The number of hydrogen-bond acceptors (Lipinski definition) is 2. The summed E-state index contributed by atoms with van der Waals surface area (Å²) in [6.45, 7) is 12.5. The number of nitrogens with zero attached hydrogens (tertiary/aromatic N) is 2. The fraction of sp³-hybridized carbons (Fsp3) is 0.667. The lowest BCUT2D eigenvalue weighted by Crippen LogP contribution is -1.99. The predicted molar refractivity (Wildman–Crippen MR) is 61.6 cm³/mol. The molecule has 0 bridgehead atoms. The second-order valence-corrected chi connectivity index (χ2v) is 3.68. The molecule has 14 heavy (non-hydrogen) atoms. The lowest BCUT2D eigenvalue weighted by atomic mass is 10.1. The molecule has 0 saturated carbocycles. The van der Waals surface area contributed by atoms with Gasteiger partial charge < -0.3 is 0 Å². The summed E-state index contributed by atoms with van der Waals surface area (Å²) in [4.78, 5) is 8.58. The summed E-state index contributed by atoms with van der Waals surface area (Å²) in [5, 5.41) is 0. The molecule has 0 saturated heterocycles. The van der Waals surface area contributed by atoms with E-state index in [1.54, 1.807) is 0 Å². The van der Waals surface area contributed by atoms with Gasteiger partial charge in [0.05, 0.1) is 0 Å². The van der Waals surface area contributed by atoms with Crippen LogP contribution < -0.4 is 0 Å². The molecule has 1 aromatic heterocycles. The first-order valence-electron chi connectivity index (χ1n) is 5.43. The largest absolute Gasteiger partial charge is 0.241 e. The lowest BCUT2D eigenvalue weighted by Gasteiger charge is -2.06. The Hall–Kier alpha value is -0.920. The monoisotopic (exact) mass is 194 g/mol. The molecule has 0 fully saturated rings. The van der Waals surface area contributed by atoms with E-state index in [0.29, 0.717) is 11.8 Å². The quantitative estimate of drug-likeness (QED) is 0.716. The average Bonchev–Trinajstić information content (AvgIpc) is 2.21. The summed E-state index contributed by atoms with van der Waals surface area (Å²) in [7, 11) is 0. The number of rotatable bonds is 2. The molecule has 0 N–H and O–H groups in total. The van der Waals surface area contributed by atoms with E-state index in [1.807, 2.05) is 26.2 Å². The van der Waals surface area contributed by atoms with Crippen molar-refractivity contribution >= 4 is 0 Å². The third-order valence-electron chi connectivity index (χ3n) is 1.87. The summed E-state index contributed by atoms with van der Waals surface area (Å²) >= 11 is 0. The molecule has 0 spiro atoms. The average molecular weight is 194 g/mol. The first kappa shape index (κ1) is 13.1. The molecule has 0 radical (unpaired) electrons. The Morgan fingerprint density at radius 2 is 1.29 bits per heavy atom. The lowest BCUT2D eigenvalue weighted by molar-refractivity contribution is 0.754. The summed E-state index contributed by atoms with van der Waals surface area (Å²) in [5.74, 6) is 1.87. The molecule has 0 unspecified atom stereocenters. The van der Waals surface area contributed by atoms with Crippen LogP contribution in [-0.4, -0.2) is 9.97 Å². The first-order chi connectivity index (χ1) is 6.61. The third kappa shape index (κ3) is 3.86. The van der Waals surface area contributed by atoms with E-state index in [0.717, 1.165) is 5.82 Å². The summed E-state index contributed by atoms with van der Waals surface area (Å²) in [5.41, 5.74) is 1.21. The molecule has 0 atom stereocenters. The van der Waals surface area contributed by atoms with E-state index in [9.17, 15) is 0 Å². The van der Waals surface area contributed by atoms with Gasteiger partial charge in [-0.15, -0.1) is 0 Å². The molecule has 0 aromatic carbocycles. The van der Waals surface area contributed by atoms with Crippen LogP contribution in [0.4, 0.5) is 0 Å². The normalized spacial score (nSPS) is 10.0. The maximum atomic E-state index is 4.29. The highest BCUT2D eigenvalue weighted by molar-refractivity contribution is 5.10. The van der Waals surface area contributed by atoms with Crippen LogP contribution in [0.5, 0.6) is 0 Å². The van der Waals surface area contributed by atoms with Gasteiger partial charge in [-0.05, 0) is 11.5 Å². The highest BCUT2D eigenvalue weighted by Gasteiger charge is 2.03. The van der Waals surface area contributed by atoms with Crippen LogP contribution >= 0.6 is 0 Å². The Balaban J connectivity index is 0.000000791. The van der Waals surface area contributed by atoms with Crippen LogP contribution in [0.2, 0.25) is 0 Å². The number of hydrogen-bond donors (Lipinski definition) is 0. The zero-order valence-corrected chi connectivity index (χ0v) is 10.2. The minimum Gasteiger partial charge on any atom is -0.241 e. The summed E-state index contributed by atoms with van der Waals surface area (Å²) in [6, 6.07) is 0. The van der Waals surface area contributed by atoms with E-state index < -0.39 is 0 Å². The van der Waals surface area contributed by atoms with Crippen LogP contribution in [0.3, 0.4) is 0 Å². The van der Waals surface area contributed by atoms with Gasteiger partial charge in [-0.1, -0.05) is 41.5 Å². The van der Waals surface area contributed by atoms with Crippen LogP contribution in [-0.2, 0) is 0 Å². The Kier molecular flexibility index (Phi) is 6.09. The minimum absolute atomic E-state index is 0.422. The van der Waals surface area contributed by atoms with Gasteiger partial charge in [0.15, 0.2) is 0 Å². The Morgan fingerprint density at radius 3 is 1.57 bits per heavy atom. The predicted octanol–water partition coefficient (Wildman–Crippen LogP) is 3.75. The first-order valence-corrected chi connectivity index (χ1v) is 5.43. The second kappa shape index (κ2) is 6.52. The molecule has 2 heteroatoms. The molecule has 2 nitrogen and oxygen atoms in total. The molecule has 0 aliphatic rings. The van der Waals surface area contributed by atoms with Crippen molar-refractivity contribution in [2.75, 3.05) is 0 Å². The van der Waals surface area contributed by atoms with E-state index >= 15 is 0 Å². The van der Waals surface area contributed by atoms with Crippen molar-refractivity contribution in [1.82, 2.24) is 9.97 Å². The van der Waals surface area contributed by atoms with Crippen LogP contribution in [0, 0.1) is 0 Å². The van der Waals surface area contributed by atoms with Crippen molar-refractivity contribution in [2.24, 2.45) is 0 Å². The second-order valence-electron chi connectivity index (χ2n) is 3.68. The third-order valence-corrected chi connectivity index (χ3v) is 1.87. The number of aromatic nitrogens is 2. The SMILES string of the molecule is CC.CC(C)c1cnc(C(C)C)nc1. The Morgan fingerprint density at radius 1 is 0.857 bits per heavy atom. The molecular weight excluding hydrogens is 172 g/mol. The molecular formula is C12H22N2. The smallest absolute Gasteiger partial charge is 0.130 e. The van der Waals surface area contributed by atoms with Gasteiger partial charge in [0.1, 0.15) is 5.82 Å². The van der Waals surface area contributed by atoms with Gasteiger partial charge in [0.25, 0.3) is 0 Å². The van der Waals surface area contributed by atoms with Crippen molar-refractivity contribution < 1.29 is 0 Å². The molecule has 0 amide bonds. The fourth-order valence-corrected chi connectivity index (χ4v) is 0.944. The molecule has 0 aliphatic heterocycles. The van der Waals surface area contributed by atoms with Crippen molar-refractivity contribution in [3.63, 3.8) is 0 Å². The maximum Gasteiger partial charge on any atom is 0.130 e. The molecule has 80 valence electrons. The Labute approximate surface area is 87.8 Å². The topological polar surface area (TPSA) is 25.8 Å². The van der Waals surface area contributed by atoms with Gasteiger partial charge in [-0.25, -0.2) is 9.97 Å². The highest BCUT2D eigenvalue weighted by atomic mass is 14.9. The van der Waals surface area contributed by atoms with E-state index in [1.165, 1.54) is 5.56 Å². The molecule has 1 heterocycles. The Bertz CT molecular complexity index is 210. The van der Waals surface area contributed by atoms with Gasteiger partial charge in [-0.3, -0.25) is 0 Å². The fourth-order valence-electron chi connectivity index (χ4n) is 0.944. The van der Waals surface area contributed by atoms with Crippen LogP contribution in [0.1, 0.15) is 64.8 Å². The van der Waals surface area contributed by atoms with E-state index in [4.69, 9.17) is 0 Å². The summed E-state index contributed by atoms with van der Waals surface area (Å²) in [6.07, 6.45) is 3.85. The van der Waals surface area contributed by atoms with Crippen LogP contribution in [0.25, 0.3) is 0 Å². The van der Waals surface area contributed by atoms with Gasteiger partial charge >= 0.3 is 0 Å². The van der Waals surface area contributed by atoms with Crippen molar-refractivity contribution in [3.05, 3.63) is 23.8 Å². The minimum atomic E-state index is 0.422. The maximum absolute atomic E-state index is 4.29. The zero-order valence-electron chi connectivity index (χ0n) is 10.2.